The monoisotopic (exact) mass is 327 g/mol. The van der Waals surface area contributed by atoms with Crippen LogP contribution in [-0.2, 0) is 4.79 Å². The summed E-state index contributed by atoms with van der Waals surface area (Å²) in [5.41, 5.74) is 0.446. The molecule has 2 aromatic carbocycles. The second-order valence-electron chi connectivity index (χ2n) is 4.34. The number of hydrogen-bond donors (Lipinski definition) is 1. The minimum atomic E-state index is -0.875. The molecule has 6 heteroatoms. The van der Waals surface area contributed by atoms with Crippen LogP contribution in [0.2, 0.25) is 10.0 Å². The average Bonchev–Trinajstić information content (AvgIpc) is 2.40. The second kappa shape index (κ2) is 6.78. The molecule has 0 unspecified atom stereocenters. The van der Waals surface area contributed by atoms with E-state index in [1.165, 1.54) is 19.1 Å². The van der Waals surface area contributed by atoms with Crippen molar-refractivity contribution in [2.75, 3.05) is 5.32 Å². The standard InChI is InChI=1S/C15H12Cl2FNO2/c1-9(21-14-5-3-2-4-13(14)18)15(20)19-12-7-10(16)6-11(17)8-12/h2-9H,1H3,(H,19,20)/t9-/m0/s1. The molecule has 1 N–H and O–H groups in total. The average molecular weight is 328 g/mol. The highest BCUT2D eigenvalue weighted by molar-refractivity contribution is 6.35. The fourth-order valence-electron chi connectivity index (χ4n) is 1.65. The van der Waals surface area contributed by atoms with Crippen LogP contribution in [0, 0.1) is 5.82 Å². The van der Waals surface area contributed by atoms with Gasteiger partial charge in [-0.3, -0.25) is 4.79 Å². The molecule has 1 amide bonds. The summed E-state index contributed by atoms with van der Waals surface area (Å²) in [4.78, 5) is 12.0. The molecule has 2 rings (SSSR count). The summed E-state index contributed by atoms with van der Waals surface area (Å²) in [7, 11) is 0. The number of carbonyl (C=O) groups excluding carboxylic acids is 1. The van der Waals surface area contributed by atoms with E-state index < -0.39 is 17.8 Å². The smallest absolute Gasteiger partial charge is 0.265 e. The summed E-state index contributed by atoms with van der Waals surface area (Å²) in [6, 6.07) is 10.5. The first-order chi connectivity index (χ1) is 9.95. The highest BCUT2D eigenvalue weighted by Crippen LogP contribution is 2.23. The topological polar surface area (TPSA) is 38.3 Å². The van der Waals surface area contributed by atoms with Crippen molar-refractivity contribution in [3.8, 4) is 5.75 Å². The van der Waals surface area contributed by atoms with Gasteiger partial charge >= 0.3 is 0 Å². The van der Waals surface area contributed by atoms with Crippen LogP contribution >= 0.6 is 23.2 Å². The van der Waals surface area contributed by atoms with Gasteiger partial charge in [0.05, 0.1) is 0 Å². The molecule has 0 aliphatic carbocycles. The van der Waals surface area contributed by atoms with Crippen LogP contribution in [0.4, 0.5) is 10.1 Å². The maximum absolute atomic E-state index is 13.5. The van der Waals surface area contributed by atoms with Gasteiger partial charge in [-0.15, -0.1) is 0 Å². The number of benzene rings is 2. The normalized spacial score (nSPS) is 11.8. The molecular formula is C15H12Cl2FNO2. The summed E-state index contributed by atoms with van der Waals surface area (Å²) in [6.45, 7) is 1.52. The molecule has 0 heterocycles. The summed E-state index contributed by atoms with van der Waals surface area (Å²) in [5, 5.41) is 3.41. The zero-order chi connectivity index (χ0) is 15.4. The molecule has 0 aromatic heterocycles. The number of hydrogen-bond acceptors (Lipinski definition) is 2. The van der Waals surface area contributed by atoms with Gasteiger partial charge in [0, 0.05) is 15.7 Å². The van der Waals surface area contributed by atoms with Gasteiger partial charge in [-0.25, -0.2) is 4.39 Å². The molecule has 0 fully saturated rings. The molecule has 0 aliphatic rings. The minimum Gasteiger partial charge on any atom is -0.478 e. The zero-order valence-electron chi connectivity index (χ0n) is 11.1. The van der Waals surface area contributed by atoms with Gasteiger partial charge in [0.1, 0.15) is 0 Å². The summed E-state index contributed by atoms with van der Waals surface area (Å²) in [5.74, 6) is -0.941. The van der Waals surface area contributed by atoms with Crippen molar-refractivity contribution in [3.63, 3.8) is 0 Å². The third-order valence-corrected chi connectivity index (χ3v) is 3.08. The summed E-state index contributed by atoms with van der Waals surface area (Å²) >= 11 is 11.7. The Morgan fingerprint density at radius 1 is 1.19 bits per heavy atom. The molecule has 3 nitrogen and oxygen atoms in total. The number of rotatable bonds is 4. The van der Waals surface area contributed by atoms with Crippen molar-refractivity contribution in [2.45, 2.75) is 13.0 Å². The van der Waals surface area contributed by atoms with Crippen LogP contribution in [0.15, 0.2) is 42.5 Å². The fourth-order valence-corrected chi connectivity index (χ4v) is 2.18. The van der Waals surface area contributed by atoms with Crippen molar-refractivity contribution in [1.82, 2.24) is 0 Å². The lowest BCUT2D eigenvalue weighted by Gasteiger charge is -2.15. The Morgan fingerprint density at radius 2 is 1.81 bits per heavy atom. The molecule has 0 saturated heterocycles. The third kappa shape index (κ3) is 4.34. The van der Waals surface area contributed by atoms with Gasteiger partial charge in [-0.1, -0.05) is 35.3 Å². The molecule has 0 radical (unpaired) electrons. The van der Waals surface area contributed by atoms with E-state index in [4.69, 9.17) is 27.9 Å². The first-order valence-electron chi connectivity index (χ1n) is 6.14. The molecule has 21 heavy (non-hydrogen) atoms. The minimum absolute atomic E-state index is 0.0178. The van der Waals surface area contributed by atoms with E-state index in [1.807, 2.05) is 0 Å². The Balaban J connectivity index is 2.04. The van der Waals surface area contributed by atoms with Crippen molar-refractivity contribution in [3.05, 3.63) is 58.3 Å². The van der Waals surface area contributed by atoms with Gasteiger partial charge in [0.15, 0.2) is 17.7 Å². The van der Waals surface area contributed by atoms with Crippen LogP contribution in [0.1, 0.15) is 6.92 Å². The lowest BCUT2D eigenvalue weighted by atomic mass is 10.3. The van der Waals surface area contributed by atoms with Gasteiger partial charge in [0.25, 0.3) is 5.91 Å². The molecule has 110 valence electrons. The fraction of sp³-hybridized carbons (Fsp3) is 0.133. The summed E-state index contributed by atoms with van der Waals surface area (Å²) in [6.07, 6.45) is -0.875. The Labute approximate surface area is 131 Å². The van der Waals surface area contributed by atoms with Crippen LogP contribution < -0.4 is 10.1 Å². The zero-order valence-corrected chi connectivity index (χ0v) is 12.6. The molecular weight excluding hydrogens is 316 g/mol. The lowest BCUT2D eigenvalue weighted by molar-refractivity contribution is -0.122. The second-order valence-corrected chi connectivity index (χ2v) is 5.21. The Morgan fingerprint density at radius 3 is 2.43 bits per heavy atom. The SMILES string of the molecule is C[C@H](Oc1ccccc1F)C(=O)Nc1cc(Cl)cc(Cl)c1. The lowest BCUT2D eigenvalue weighted by Crippen LogP contribution is -2.30. The Kier molecular flexibility index (Phi) is 5.04. The molecule has 0 saturated carbocycles. The first kappa shape index (κ1) is 15.6. The van der Waals surface area contributed by atoms with E-state index >= 15 is 0 Å². The number of carbonyl (C=O) groups is 1. The summed E-state index contributed by atoms with van der Waals surface area (Å²) < 4.78 is 18.7. The van der Waals surface area contributed by atoms with Crippen LogP contribution in [0.3, 0.4) is 0 Å². The van der Waals surface area contributed by atoms with E-state index in [9.17, 15) is 9.18 Å². The molecule has 2 aromatic rings. The predicted octanol–water partition coefficient (Wildman–Crippen LogP) is 4.54. The van der Waals surface area contributed by atoms with E-state index in [1.54, 1.807) is 30.3 Å². The molecule has 1 atom stereocenters. The van der Waals surface area contributed by atoms with Gasteiger partial charge in [0.2, 0.25) is 0 Å². The first-order valence-corrected chi connectivity index (χ1v) is 6.89. The molecule has 0 bridgehead atoms. The number of ether oxygens (including phenoxy) is 1. The highest BCUT2D eigenvalue weighted by Gasteiger charge is 2.16. The highest BCUT2D eigenvalue weighted by atomic mass is 35.5. The number of nitrogens with one attached hydrogen (secondary N) is 1. The van der Waals surface area contributed by atoms with E-state index in [0.717, 1.165) is 0 Å². The Bertz CT molecular complexity index is 644. The number of amides is 1. The Hall–Kier alpha value is -1.78. The maximum atomic E-state index is 13.5. The van der Waals surface area contributed by atoms with Crippen LogP contribution in [-0.4, -0.2) is 12.0 Å². The molecule has 0 spiro atoms. The van der Waals surface area contributed by atoms with Gasteiger partial charge < -0.3 is 10.1 Å². The van der Waals surface area contributed by atoms with Crippen LogP contribution in [0.5, 0.6) is 5.75 Å². The van der Waals surface area contributed by atoms with E-state index in [2.05, 4.69) is 5.32 Å². The van der Waals surface area contributed by atoms with Crippen molar-refractivity contribution < 1.29 is 13.9 Å². The maximum Gasteiger partial charge on any atom is 0.265 e. The predicted molar refractivity (Wildman–Crippen MR) is 81.6 cm³/mol. The van der Waals surface area contributed by atoms with E-state index in [-0.39, 0.29) is 5.75 Å². The van der Waals surface area contributed by atoms with Crippen molar-refractivity contribution in [1.29, 1.82) is 0 Å². The molecule has 0 aliphatic heterocycles. The van der Waals surface area contributed by atoms with Gasteiger partial charge in [-0.05, 0) is 37.3 Å². The number of anilines is 1. The van der Waals surface area contributed by atoms with Crippen molar-refractivity contribution >= 4 is 34.8 Å². The number of halogens is 3. The third-order valence-electron chi connectivity index (χ3n) is 2.64. The van der Waals surface area contributed by atoms with Gasteiger partial charge in [-0.2, -0.15) is 0 Å². The quantitative estimate of drug-likeness (QED) is 0.895. The van der Waals surface area contributed by atoms with Crippen molar-refractivity contribution in [2.24, 2.45) is 0 Å². The largest absolute Gasteiger partial charge is 0.478 e. The number of para-hydroxylation sites is 1. The van der Waals surface area contributed by atoms with E-state index in [0.29, 0.717) is 15.7 Å². The van der Waals surface area contributed by atoms with Crippen LogP contribution in [0.25, 0.3) is 0 Å².